The smallest absolute Gasteiger partial charge is 0.166 e. The van der Waals surface area contributed by atoms with E-state index in [0.29, 0.717) is 11.5 Å². The van der Waals surface area contributed by atoms with E-state index in [1.54, 1.807) is 6.07 Å². The van der Waals surface area contributed by atoms with Gasteiger partial charge in [-0.25, -0.2) is 4.39 Å². The summed E-state index contributed by atoms with van der Waals surface area (Å²) < 4.78 is 13.3. The van der Waals surface area contributed by atoms with Gasteiger partial charge in [0, 0.05) is 16.6 Å². The van der Waals surface area contributed by atoms with Crippen LogP contribution in [0.2, 0.25) is 5.02 Å². The van der Waals surface area contributed by atoms with Crippen LogP contribution in [0.3, 0.4) is 0 Å². The minimum atomic E-state index is -0.698. The number of benzene rings is 1. The maximum atomic E-state index is 13.3. The second-order valence-corrected chi connectivity index (χ2v) is 4.83. The summed E-state index contributed by atoms with van der Waals surface area (Å²) in [6.07, 6.45) is 4.38. The van der Waals surface area contributed by atoms with E-state index in [1.807, 2.05) is 0 Å². The normalized spacial score (nSPS) is 18.9. The molecule has 1 aromatic rings. The lowest BCUT2D eigenvalue weighted by atomic mass is 9.92. The van der Waals surface area contributed by atoms with Gasteiger partial charge in [-0.2, -0.15) is 0 Å². The highest BCUT2D eigenvalue weighted by atomic mass is 35.5. The zero-order valence-corrected chi connectivity index (χ0v) is 9.67. The molecule has 88 valence electrons. The van der Waals surface area contributed by atoms with E-state index in [4.69, 9.17) is 17.3 Å². The number of halogens is 2. The maximum absolute atomic E-state index is 13.3. The predicted molar refractivity (Wildman–Crippen MR) is 62.0 cm³/mol. The molecule has 1 aliphatic carbocycles. The Bertz CT molecular complexity index is 391. The monoisotopic (exact) mass is 243 g/mol. The maximum Gasteiger partial charge on any atom is 0.166 e. The molecule has 0 saturated heterocycles. The van der Waals surface area contributed by atoms with E-state index in [0.717, 1.165) is 31.7 Å². The molecule has 2 rings (SSSR count). The summed E-state index contributed by atoms with van der Waals surface area (Å²) in [5.41, 5.74) is 6.48. The van der Waals surface area contributed by atoms with Crippen molar-refractivity contribution in [2.24, 2.45) is 11.7 Å². The van der Waals surface area contributed by atoms with Gasteiger partial charge in [-0.3, -0.25) is 0 Å². The van der Waals surface area contributed by atoms with Crippen LogP contribution in [-0.2, 0) is 0 Å². The molecule has 0 radical (unpaired) electrons. The van der Waals surface area contributed by atoms with Crippen molar-refractivity contribution < 1.29 is 9.50 Å². The van der Waals surface area contributed by atoms with Crippen molar-refractivity contribution in [1.29, 1.82) is 0 Å². The van der Waals surface area contributed by atoms with Gasteiger partial charge in [-0.15, -0.1) is 0 Å². The molecular weight excluding hydrogens is 229 g/mol. The van der Waals surface area contributed by atoms with Crippen LogP contribution < -0.4 is 5.73 Å². The van der Waals surface area contributed by atoms with E-state index in [1.165, 1.54) is 0 Å². The van der Waals surface area contributed by atoms with E-state index >= 15 is 0 Å². The summed E-state index contributed by atoms with van der Waals surface area (Å²) in [5, 5.41) is 9.92. The van der Waals surface area contributed by atoms with Gasteiger partial charge in [-0.05, 0) is 30.9 Å². The lowest BCUT2D eigenvalue weighted by Gasteiger charge is -2.20. The van der Waals surface area contributed by atoms with Crippen molar-refractivity contribution >= 4 is 11.6 Å². The molecule has 1 aromatic carbocycles. The van der Waals surface area contributed by atoms with Gasteiger partial charge in [0.2, 0.25) is 0 Å². The molecule has 0 aromatic heterocycles. The molecule has 0 unspecified atom stereocenters. The zero-order valence-electron chi connectivity index (χ0n) is 8.92. The molecule has 1 fully saturated rings. The van der Waals surface area contributed by atoms with Crippen LogP contribution in [0.4, 0.5) is 4.39 Å². The van der Waals surface area contributed by atoms with E-state index in [9.17, 15) is 9.50 Å². The average molecular weight is 244 g/mol. The summed E-state index contributed by atoms with van der Waals surface area (Å²) in [4.78, 5) is 0. The molecule has 3 N–H and O–H groups in total. The molecule has 1 aliphatic rings. The molecule has 1 saturated carbocycles. The Kier molecular flexibility index (Phi) is 3.36. The van der Waals surface area contributed by atoms with Crippen LogP contribution in [0.25, 0.3) is 0 Å². The standard InChI is InChI=1S/C12H15ClFNO/c13-8-5-9(12(16)10(14)6-8)11(15)7-3-1-2-4-7/h5-7,11,16H,1-4,15H2/t11-/m1/s1. The highest BCUT2D eigenvalue weighted by molar-refractivity contribution is 6.30. The van der Waals surface area contributed by atoms with Crippen molar-refractivity contribution in [2.45, 2.75) is 31.7 Å². The highest BCUT2D eigenvalue weighted by Gasteiger charge is 2.26. The number of hydrogen-bond donors (Lipinski definition) is 2. The number of nitrogens with two attached hydrogens (primary N) is 1. The number of aromatic hydroxyl groups is 1. The Labute approximate surface area is 99.2 Å². The molecule has 0 spiro atoms. The lowest BCUT2D eigenvalue weighted by Crippen LogP contribution is -2.19. The topological polar surface area (TPSA) is 46.2 Å². The van der Waals surface area contributed by atoms with E-state index < -0.39 is 5.82 Å². The molecule has 2 nitrogen and oxygen atoms in total. The molecule has 0 aliphatic heterocycles. The zero-order chi connectivity index (χ0) is 11.7. The summed E-state index contributed by atoms with van der Waals surface area (Å²) in [5.74, 6) is -0.733. The fourth-order valence-electron chi connectivity index (χ4n) is 2.41. The summed E-state index contributed by atoms with van der Waals surface area (Å²) in [7, 11) is 0. The fourth-order valence-corrected chi connectivity index (χ4v) is 2.62. The Morgan fingerprint density at radius 2 is 2.00 bits per heavy atom. The highest BCUT2D eigenvalue weighted by Crippen LogP contribution is 2.39. The summed E-state index contributed by atoms with van der Waals surface area (Å²) >= 11 is 5.77. The Morgan fingerprint density at radius 3 is 2.62 bits per heavy atom. The second-order valence-electron chi connectivity index (χ2n) is 4.40. The third-order valence-electron chi connectivity index (χ3n) is 3.32. The van der Waals surface area contributed by atoms with Gasteiger partial charge in [-0.1, -0.05) is 24.4 Å². The lowest BCUT2D eigenvalue weighted by molar-refractivity contribution is 0.392. The van der Waals surface area contributed by atoms with Gasteiger partial charge >= 0.3 is 0 Å². The van der Waals surface area contributed by atoms with Gasteiger partial charge < -0.3 is 10.8 Å². The quantitative estimate of drug-likeness (QED) is 0.837. The first-order valence-corrected chi connectivity index (χ1v) is 5.91. The van der Waals surface area contributed by atoms with Crippen molar-refractivity contribution in [2.75, 3.05) is 0 Å². The molecule has 0 amide bonds. The summed E-state index contributed by atoms with van der Waals surface area (Å²) in [6, 6.07) is 2.33. The van der Waals surface area contributed by atoms with Crippen LogP contribution in [0.1, 0.15) is 37.3 Å². The van der Waals surface area contributed by atoms with Gasteiger partial charge in [0.15, 0.2) is 11.6 Å². The average Bonchev–Trinajstić information content (AvgIpc) is 2.75. The number of rotatable bonds is 2. The SMILES string of the molecule is N[C@@H](c1cc(Cl)cc(F)c1O)C1CCCC1. The number of hydrogen-bond acceptors (Lipinski definition) is 2. The van der Waals surface area contributed by atoms with Crippen LogP contribution in [0.15, 0.2) is 12.1 Å². The molecule has 0 bridgehead atoms. The first kappa shape index (κ1) is 11.7. The number of phenols is 1. The Hall–Kier alpha value is -0.800. The van der Waals surface area contributed by atoms with Gasteiger partial charge in [0.05, 0.1) is 0 Å². The van der Waals surface area contributed by atoms with Crippen LogP contribution >= 0.6 is 11.6 Å². The second kappa shape index (κ2) is 4.60. The molecule has 4 heteroatoms. The van der Waals surface area contributed by atoms with Crippen LogP contribution in [0, 0.1) is 11.7 Å². The Balaban J connectivity index is 2.31. The predicted octanol–water partition coefficient (Wildman–Crippen LogP) is 3.37. The molecule has 1 atom stereocenters. The van der Waals surface area contributed by atoms with E-state index in [2.05, 4.69) is 0 Å². The van der Waals surface area contributed by atoms with Gasteiger partial charge in [0.25, 0.3) is 0 Å². The third-order valence-corrected chi connectivity index (χ3v) is 3.54. The van der Waals surface area contributed by atoms with E-state index in [-0.39, 0.29) is 16.8 Å². The van der Waals surface area contributed by atoms with Crippen molar-refractivity contribution in [3.05, 3.63) is 28.5 Å². The van der Waals surface area contributed by atoms with Crippen molar-refractivity contribution in [3.63, 3.8) is 0 Å². The number of phenolic OH excluding ortho intramolecular Hbond substituents is 1. The fraction of sp³-hybridized carbons (Fsp3) is 0.500. The minimum Gasteiger partial charge on any atom is -0.505 e. The van der Waals surface area contributed by atoms with Crippen molar-refractivity contribution in [1.82, 2.24) is 0 Å². The minimum absolute atomic E-state index is 0.277. The molecular formula is C12H15ClFNO. The first-order chi connectivity index (χ1) is 7.59. The third kappa shape index (κ3) is 2.15. The molecule has 0 heterocycles. The van der Waals surface area contributed by atoms with Crippen LogP contribution in [-0.4, -0.2) is 5.11 Å². The van der Waals surface area contributed by atoms with Crippen molar-refractivity contribution in [3.8, 4) is 5.75 Å². The Morgan fingerprint density at radius 1 is 1.38 bits per heavy atom. The van der Waals surface area contributed by atoms with Crippen LogP contribution in [0.5, 0.6) is 5.75 Å². The largest absolute Gasteiger partial charge is 0.505 e. The molecule has 16 heavy (non-hydrogen) atoms. The summed E-state index contributed by atoms with van der Waals surface area (Å²) in [6.45, 7) is 0. The van der Waals surface area contributed by atoms with Gasteiger partial charge in [0.1, 0.15) is 0 Å². The first-order valence-electron chi connectivity index (χ1n) is 5.53.